The van der Waals surface area contributed by atoms with E-state index in [4.69, 9.17) is 9.47 Å². The zero-order chi connectivity index (χ0) is 12.3. The summed E-state index contributed by atoms with van der Waals surface area (Å²) in [6, 6.07) is 5.76. The van der Waals surface area contributed by atoms with Crippen LogP contribution in [0.2, 0.25) is 0 Å². The van der Waals surface area contributed by atoms with Gasteiger partial charge in [0.2, 0.25) is 5.88 Å². The van der Waals surface area contributed by atoms with Crippen molar-refractivity contribution in [2.75, 3.05) is 26.3 Å². The van der Waals surface area contributed by atoms with E-state index < -0.39 is 0 Å². The first-order valence-corrected chi connectivity index (χ1v) is 6.75. The van der Waals surface area contributed by atoms with Crippen molar-refractivity contribution in [2.45, 2.75) is 24.9 Å². The molecule has 4 nitrogen and oxygen atoms in total. The topological polar surface area (TPSA) is 43.4 Å². The third-order valence-electron chi connectivity index (χ3n) is 3.90. The SMILES string of the molecule is c1ccc(OCC[C@H]2CCOC3(CNC3)C2)nc1. The van der Waals surface area contributed by atoms with Crippen molar-refractivity contribution in [3.05, 3.63) is 24.4 Å². The number of rotatable bonds is 4. The van der Waals surface area contributed by atoms with Crippen LogP contribution in [0.1, 0.15) is 19.3 Å². The normalized spacial score (nSPS) is 25.7. The molecule has 3 heterocycles. The lowest BCUT2D eigenvalue weighted by atomic mass is 9.80. The molecule has 0 aliphatic carbocycles. The van der Waals surface area contributed by atoms with Gasteiger partial charge in [-0.1, -0.05) is 6.07 Å². The third kappa shape index (κ3) is 2.65. The van der Waals surface area contributed by atoms with Crippen molar-refractivity contribution in [3.8, 4) is 5.88 Å². The standard InChI is InChI=1S/C14H20N2O2/c1-2-6-16-13(3-1)17-7-4-12-5-8-18-14(9-12)10-15-11-14/h1-3,6,12,15H,4-5,7-11H2/t12-/m0/s1. The molecule has 0 unspecified atom stereocenters. The van der Waals surface area contributed by atoms with E-state index in [1.807, 2.05) is 18.2 Å². The van der Waals surface area contributed by atoms with E-state index in [9.17, 15) is 0 Å². The minimum atomic E-state index is 0.147. The van der Waals surface area contributed by atoms with Gasteiger partial charge >= 0.3 is 0 Å². The number of nitrogens with zero attached hydrogens (tertiary/aromatic N) is 1. The van der Waals surface area contributed by atoms with Crippen molar-refractivity contribution in [1.29, 1.82) is 0 Å². The highest BCUT2D eigenvalue weighted by molar-refractivity contribution is 5.09. The Morgan fingerprint density at radius 1 is 1.44 bits per heavy atom. The fourth-order valence-corrected chi connectivity index (χ4v) is 2.79. The second kappa shape index (κ2) is 5.24. The average Bonchev–Trinajstić information content (AvgIpc) is 2.39. The molecule has 2 fully saturated rings. The number of hydrogen-bond acceptors (Lipinski definition) is 4. The Labute approximate surface area is 108 Å². The second-order valence-electron chi connectivity index (χ2n) is 5.30. The number of pyridine rings is 1. The molecule has 98 valence electrons. The van der Waals surface area contributed by atoms with E-state index in [0.29, 0.717) is 0 Å². The Balaban J connectivity index is 1.43. The Bertz CT molecular complexity index is 379. The summed E-state index contributed by atoms with van der Waals surface area (Å²) in [5.74, 6) is 1.45. The molecule has 0 amide bonds. The summed E-state index contributed by atoms with van der Waals surface area (Å²) in [7, 11) is 0. The molecule has 0 aromatic carbocycles. The molecule has 3 rings (SSSR count). The van der Waals surface area contributed by atoms with Crippen LogP contribution in [0.25, 0.3) is 0 Å². The molecule has 18 heavy (non-hydrogen) atoms. The molecule has 1 atom stereocenters. The summed E-state index contributed by atoms with van der Waals surface area (Å²) in [4.78, 5) is 4.16. The van der Waals surface area contributed by atoms with E-state index in [0.717, 1.165) is 50.9 Å². The first kappa shape index (κ1) is 11.9. The Hall–Kier alpha value is -1.13. The fraction of sp³-hybridized carbons (Fsp3) is 0.643. The summed E-state index contributed by atoms with van der Waals surface area (Å²) < 4.78 is 11.5. The second-order valence-corrected chi connectivity index (χ2v) is 5.30. The summed E-state index contributed by atoms with van der Waals surface area (Å²) in [6.45, 7) is 3.69. The van der Waals surface area contributed by atoms with E-state index in [-0.39, 0.29) is 5.60 Å². The molecule has 4 heteroatoms. The zero-order valence-electron chi connectivity index (χ0n) is 10.6. The zero-order valence-corrected chi connectivity index (χ0v) is 10.6. The Morgan fingerprint density at radius 3 is 3.11 bits per heavy atom. The van der Waals surface area contributed by atoms with Gasteiger partial charge in [-0.05, 0) is 31.2 Å². The number of hydrogen-bond donors (Lipinski definition) is 1. The number of aromatic nitrogens is 1. The van der Waals surface area contributed by atoms with Gasteiger partial charge in [0.15, 0.2) is 0 Å². The van der Waals surface area contributed by atoms with Crippen molar-refractivity contribution in [1.82, 2.24) is 10.3 Å². The highest BCUT2D eigenvalue weighted by Crippen LogP contribution is 2.33. The van der Waals surface area contributed by atoms with Crippen LogP contribution in [0.3, 0.4) is 0 Å². The highest BCUT2D eigenvalue weighted by Gasteiger charge is 2.42. The average molecular weight is 248 g/mol. The van der Waals surface area contributed by atoms with E-state index in [1.54, 1.807) is 6.20 Å². The quantitative estimate of drug-likeness (QED) is 0.879. The van der Waals surface area contributed by atoms with E-state index in [2.05, 4.69) is 10.3 Å². The van der Waals surface area contributed by atoms with Crippen LogP contribution < -0.4 is 10.1 Å². The summed E-state index contributed by atoms with van der Waals surface area (Å²) in [5.41, 5.74) is 0.147. The van der Waals surface area contributed by atoms with Gasteiger partial charge in [-0.2, -0.15) is 0 Å². The molecule has 1 spiro atoms. The largest absolute Gasteiger partial charge is 0.478 e. The fourth-order valence-electron chi connectivity index (χ4n) is 2.79. The molecule has 2 saturated heterocycles. The minimum absolute atomic E-state index is 0.147. The van der Waals surface area contributed by atoms with E-state index >= 15 is 0 Å². The molecule has 2 aliphatic rings. The van der Waals surface area contributed by atoms with E-state index in [1.165, 1.54) is 6.42 Å². The van der Waals surface area contributed by atoms with Crippen LogP contribution in [0.15, 0.2) is 24.4 Å². The number of ether oxygens (including phenoxy) is 2. The third-order valence-corrected chi connectivity index (χ3v) is 3.90. The predicted molar refractivity (Wildman–Crippen MR) is 68.6 cm³/mol. The molecule has 0 saturated carbocycles. The van der Waals surface area contributed by atoms with Crippen LogP contribution in [-0.2, 0) is 4.74 Å². The van der Waals surface area contributed by atoms with Crippen molar-refractivity contribution in [2.24, 2.45) is 5.92 Å². The van der Waals surface area contributed by atoms with Crippen LogP contribution in [0.5, 0.6) is 5.88 Å². The van der Waals surface area contributed by atoms with Crippen molar-refractivity contribution < 1.29 is 9.47 Å². The van der Waals surface area contributed by atoms with Gasteiger partial charge in [-0.15, -0.1) is 0 Å². The van der Waals surface area contributed by atoms with Gasteiger partial charge in [0.1, 0.15) is 0 Å². The van der Waals surface area contributed by atoms with Gasteiger partial charge in [0.25, 0.3) is 0 Å². The smallest absolute Gasteiger partial charge is 0.213 e. The maximum atomic E-state index is 5.88. The van der Waals surface area contributed by atoms with Crippen molar-refractivity contribution >= 4 is 0 Å². The highest BCUT2D eigenvalue weighted by atomic mass is 16.5. The number of nitrogens with one attached hydrogen (secondary N) is 1. The molecule has 1 aromatic heterocycles. The van der Waals surface area contributed by atoms with Crippen LogP contribution in [-0.4, -0.2) is 36.9 Å². The Kier molecular flexibility index (Phi) is 3.48. The van der Waals surface area contributed by atoms with Gasteiger partial charge in [-0.25, -0.2) is 4.98 Å². The monoisotopic (exact) mass is 248 g/mol. The van der Waals surface area contributed by atoms with Crippen LogP contribution >= 0.6 is 0 Å². The van der Waals surface area contributed by atoms with Gasteiger partial charge in [0.05, 0.1) is 12.2 Å². The van der Waals surface area contributed by atoms with Gasteiger partial charge < -0.3 is 14.8 Å². The molecular weight excluding hydrogens is 228 g/mol. The minimum Gasteiger partial charge on any atom is -0.478 e. The molecule has 0 radical (unpaired) electrons. The lowest BCUT2D eigenvalue weighted by molar-refractivity contribution is -0.128. The molecule has 2 aliphatic heterocycles. The molecule has 0 bridgehead atoms. The maximum absolute atomic E-state index is 5.88. The lowest BCUT2D eigenvalue weighted by Gasteiger charge is -2.47. The maximum Gasteiger partial charge on any atom is 0.213 e. The Morgan fingerprint density at radius 2 is 2.39 bits per heavy atom. The lowest BCUT2D eigenvalue weighted by Crippen LogP contribution is -2.63. The first-order chi connectivity index (χ1) is 8.86. The summed E-state index contributed by atoms with van der Waals surface area (Å²) in [6.07, 6.45) is 5.19. The molecular formula is C14H20N2O2. The first-order valence-electron chi connectivity index (χ1n) is 6.75. The predicted octanol–water partition coefficient (Wildman–Crippen LogP) is 1.62. The van der Waals surface area contributed by atoms with Gasteiger partial charge in [0, 0.05) is 32.0 Å². The van der Waals surface area contributed by atoms with Crippen LogP contribution in [0, 0.1) is 5.92 Å². The van der Waals surface area contributed by atoms with Crippen molar-refractivity contribution in [3.63, 3.8) is 0 Å². The molecule has 1 aromatic rings. The summed E-state index contributed by atoms with van der Waals surface area (Å²) >= 11 is 0. The molecule has 1 N–H and O–H groups in total. The summed E-state index contributed by atoms with van der Waals surface area (Å²) in [5, 5.41) is 3.31. The van der Waals surface area contributed by atoms with Gasteiger partial charge in [-0.3, -0.25) is 0 Å². The van der Waals surface area contributed by atoms with Crippen LogP contribution in [0.4, 0.5) is 0 Å².